The summed E-state index contributed by atoms with van der Waals surface area (Å²) in [6.45, 7) is 4.63. The highest BCUT2D eigenvalue weighted by Gasteiger charge is 2.15. The first kappa shape index (κ1) is 20.9. The van der Waals surface area contributed by atoms with E-state index >= 15 is 0 Å². The van der Waals surface area contributed by atoms with Gasteiger partial charge in [-0.1, -0.05) is 31.9 Å². The van der Waals surface area contributed by atoms with Crippen molar-refractivity contribution in [1.82, 2.24) is 0 Å². The SMILES string of the molecule is CCCCC(C=C(Cc1cccc(C(=O)OC)c1)C(=O)OC)OCC. The molecule has 1 aromatic rings. The molecule has 25 heavy (non-hydrogen) atoms. The molecule has 0 saturated carbocycles. The lowest BCUT2D eigenvalue weighted by Crippen LogP contribution is -2.15. The number of carbonyl (C=O) groups is 2. The highest BCUT2D eigenvalue weighted by atomic mass is 16.5. The van der Waals surface area contributed by atoms with E-state index in [-0.39, 0.29) is 12.1 Å². The lowest BCUT2D eigenvalue weighted by molar-refractivity contribution is -0.136. The van der Waals surface area contributed by atoms with Gasteiger partial charge in [-0.05, 0) is 37.1 Å². The molecule has 1 unspecified atom stereocenters. The van der Waals surface area contributed by atoms with Crippen LogP contribution in [0.1, 0.15) is 49.0 Å². The van der Waals surface area contributed by atoms with Gasteiger partial charge in [0.05, 0.1) is 25.9 Å². The van der Waals surface area contributed by atoms with Crippen LogP contribution in [0.25, 0.3) is 0 Å². The highest BCUT2D eigenvalue weighted by molar-refractivity contribution is 5.90. The first-order valence-electron chi connectivity index (χ1n) is 8.63. The number of carbonyl (C=O) groups excluding carboxylic acids is 2. The topological polar surface area (TPSA) is 61.8 Å². The molecular weight excluding hydrogens is 320 g/mol. The second kappa shape index (κ2) is 11.4. The Kier molecular flexibility index (Phi) is 9.55. The summed E-state index contributed by atoms with van der Waals surface area (Å²) >= 11 is 0. The largest absolute Gasteiger partial charge is 0.466 e. The fraction of sp³-hybridized carbons (Fsp3) is 0.500. The number of ether oxygens (including phenoxy) is 3. The Balaban J connectivity index is 3.04. The van der Waals surface area contributed by atoms with Crippen molar-refractivity contribution in [3.05, 3.63) is 47.0 Å². The Bertz CT molecular complexity index is 592. The lowest BCUT2D eigenvalue weighted by Gasteiger charge is -2.15. The van der Waals surface area contributed by atoms with Crippen LogP contribution in [0, 0.1) is 0 Å². The summed E-state index contributed by atoms with van der Waals surface area (Å²) in [5, 5.41) is 0. The maximum atomic E-state index is 12.2. The van der Waals surface area contributed by atoms with Gasteiger partial charge in [0.15, 0.2) is 0 Å². The summed E-state index contributed by atoms with van der Waals surface area (Å²) in [4.78, 5) is 23.8. The van der Waals surface area contributed by atoms with Crippen molar-refractivity contribution in [3.8, 4) is 0 Å². The number of methoxy groups -OCH3 is 2. The maximum Gasteiger partial charge on any atom is 0.337 e. The van der Waals surface area contributed by atoms with Crippen LogP contribution in [-0.4, -0.2) is 38.9 Å². The fourth-order valence-corrected chi connectivity index (χ4v) is 2.53. The lowest BCUT2D eigenvalue weighted by atomic mass is 10.00. The van der Waals surface area contributed by atoms with Gasteiger partial charge in [0, 0.05) is 18.6 Å². The molecule has 5 heteroatoms. The van der Waals surface area contributed by atoms with E-state index in [2.05, 4.69) is 6.92 Å². The average Bonchev–Trinajstić information content (AvgIpc) is 2.64. The molecule has 5 nitrogen and oxygen atoms in total. The molecule has 0 aliphatic heterocycles. The summed E-state index contributed by atoms with van der Waals surface area (Å²) in [5.74, 6) is -0.787. The monoisotopic (exact) mass is 348 g/mol. The van der Waals surface area contributed by atoms with Gasteiger partial charge in [-0.3, -0.25) is 0 Å². The van der Waals surface area contributed by atoms with Crippen molar-refractivity contribution in [1.29, 1.82) is 0 Å². The van der Waals surface area contributed by atoms with Crippen LogP contribution >= 0.6 is 0 Å². The molecule has 1 rings (SSSR count). The van der Waals surface area contributed by atoms with Crippen LogP contribution in [-0.2, 0) is 25.4 Å². The summed E-state index contributed by atoms with van der Waals surface area (Å²) in [7, 11) is 2.71. The average molecular weight is 348 g/mol. The van der Waals surface area contributed by atoms with Gasteiger partial charge in [0.25, 0.3) is 0 Å². The summed E-state index contributed by atoms with van der Waals surface area (Å²) in [6, 6.07) is 7.05. The van der Waals surface area contributed by atoms with Gasteiger partial charge in [-0.15, -0.1) is 0 Å². The van der Waals surface area contributed by atoms with Crippen molar-refractivity contribution in [2.24, 2.45) is 0 Å². The van der Waals surface area contributed by atoms with E-state index in [0.29, 0.717) is 24.2 Å². The molecule has 0 fully saturated rings. The van der Waals surface area contributed by atoms with Crippen molar-refractivity contribution in [2.75, 3.05) is 20.8 Å². The van der Waals surface area contributed by atoms with Crippen LogP contribution in [0.3, 0.4) is 0 Å². The van der Waals surface area contributed by atoms with E-state index in [1.54, 1.807) is 18.2 Å². The molecule has 0 aromatic heterocycles. The molecular formula is C20H28O5. The molecule has 0 spiro atoms. The third-order valence-electron chi connectivity index (χ3n) is 3.80. The van der Waals surface area contributed by atoms with Crippen molar-refractivity contribution < 1.29 is 23.8 Å². The standard InChI is InChI=1S/C20H28O5/c1-5-7-11-18(25-6-2)14-17(20(22)24-4)13-15-9-8-10-16(12-15)19(21)23-3/h8-10,12,14,18H,5-7,11,13H2,1-4H3. The van der Waals surface area contributed by atoms with Crippen molar-refractivity contribution in [3.63, 3.8) is 0 Å². The molecule has 0 N–H and O–H groups in total. The van der Waals surface area contributed by atoms with Crippen molar-refractivity contribution >= 4 is 11.9 Å². The Morgan fingerprint density at radius 1 is 1.16 bits per heavy atom. The number of rotatable bonds is 10. The van der Waals surface area contributed by atoms with E-state index < -0.39 is 5.97 Å². The first-order chi connectivity index (χ1) is 12.0. The van der Waals surface area contributed by atoms with Crippen LogP contribution in [0.5, 0.6) is 0 Å². The number of hydrogen-bond donors (Lipinski definition) is 0. The quantitative estimate of drug-likeness (QED) is 0.476. The molecule has 0 aliphatic carbocycles. The summed E-state index contributed by atoms with van der Waals surface area (Å²) < 4.78 is 15.4. The minimum atomic E-state index is -0.402. The molecule has 0 aliphatic rings. The number of esters is 2. The second-order valence-corrected chi connectivity index (χ2v) is 5.69. The Labute approximate surface area is 150 Å². The summed E-state index contributed by atoms with van der Waals surface area (Å²) in [6.07, 6.45) is 5.03. The first-order valence-corrected chi connectivity index (χ1v) is 8.63. The van der Waals surface area contributed by atoms with Crippen LogP contribution in [0.4, 0.5) is 0 Å². The smallest absolute Gasteiger partial charge is 0.337 e. The fourth-order valence-electron chi connectivity index (χ4n) is 2.53. The zero-order valence-electron chi connectivity index (χ0n) is 15.5. The molecule has 0 bridgehead atoms. The Morgan fingerprint density at radius 2 is 1.92 bits per heavy atom. The zero-order valence-corrected chi connectivity index (χ0v) is 15.5. The minimum Gasteiger partial charge on any atom is -0.466 e. The Morgan fingerprint density at radius 3 is 2.52 bits per heavy atom. The predicted octanol–water partition coefficient (Wildman–Crippen LogP) is 3.71. The third kappa shape index (κ3) is 7.10. The molecule has 138 valence electrons. The molecule has 0 radical (unpaired) electrons. The Hall–Kier alpha value is -2.14. The van der Waals surface area contributed by atoms with E-state index in [9.17, 15) is 9.59 Å². The normalized spacial score (nSPS) is 12.6. The van der Waals surface area contributed by atoms with Gasteiger partial charge in [-0.25, -0.2) is 9.59 Å². The van der Waals surface area contributed by atoms with Crippen LogP contribution in [0.2, 0.25) is 0 Å². The number of unbranched alkanes of at least 4 members (excludes halogenated alkanes) is 1. The van der Waals surface area contributed by atoms with Gasteiger partial charge >= 0.3 is 11.9 Å². The molecule has 1 aromatic carbocycles. The van der Waals surface area contributed by atoms with Gasteiger partial charge in [0.1, 0.15) is 0 Å². The second-order valence-electron chi connectivity index (χ2n) is 5.69. The predicted molar refractivity (Wildman–Crippen MR) is 96.5 cm³/mol. The van der Waals surface area contributed by atoms with E-state index in [4.69, 9.17) is 14.2 Å². The van der Waals surface area contributed by atoms with Crippen LogP contribution in [0.15, 0.2) is 35.9 Å². The van der Waals surface area contributed by atoms with Crippen LogP contribution < -0.4 is 0 Å². The number of benzene rings is 1. The van der Waals surface area contributed by atoms with E-state index in [0.717, 1.165) is 24.8 Å². The van der Waals surface area contributed by atoms with E-state index in [1.807, 2.05) is 19.1 Å². The third-order valence-corrected chi connectivity index (χ3v) is 3.80. The highest BCUT2D eigenvalue weighted by Crippen LogP contribution is 2.16. The number of hydrogen-bond acceptors (Lipinski definition) is 5. The summed E-state index contributed by atoms with van der Waals surface area (Å²) in [5.41, 5.74) is 1.82. The van der Waals surface area contributed by atoms with Gasteiger partial charge in [-0.2, -0.15) is 0 Å². The molecule has 0 saturated heterocycles. The van der Waals surface area contributed by atoms with Gasteiger partial charge in [0.2, 0.25) is 0 Å². The molecule has 0 heterocycles. The van der Waals surface area contributed by atoms with Crippen molar-refractivity contribution in [2.45, 2.75) is 45.6 Å². The zero-order chi connectivity index (χ0) is 18.7. The molecule has 0 amide bonds. The van der Waals surface area contributed by atoms with E-state index in [1.165, 1.54) is 14.2 Å². The minimum absolute atomic E-state index is 0.122. The maximum absolute atomic E-state index is 12.2. The van der Waals surface area contributed by atoms with Gasteiger partial charge < -0.3 is 14.2 Å². The molecule has 1 atom stereocenters.